The van der Waals surface area contributed by atoms with Gasteiger partial charge in [0.2, 0.25) is 0 Å². The van der Waals surface area contributed by atoms with Gasteiger partial charge < -0.3 is 4.90 Å². The lowest BCUT2D eigenvalue weighted by atomic mass is 9.83. The maximum absolute atomic E-state index is 11.8. The number of hydrogen-bond acceptors (Lipinski definition) is 2. The molecule has 1 aromatic rings. The molecule has 2 atom stereocenters. The normalized spacial score (nSPS) is 26.9. The first-order chi connectivity index (χ1) is 9.15. The van der Waals surface area contributed by atoms with E-state index in [2.05, 4.69) is 43.0 Å². The highest BCUT2D eigenvalue weighted by Gasteiger charge is 2.37. The molecule has 2 heterocycles. The summed E-state index contributed by atoms with van der Waals surface area (Å²) in [6.07, 6.45) is 5.14. The predicted octanol–water partition coefficient (Wildman–Crippen LogP) is 3.90. The number of rotatable bonds is 2. The van der Waals surface area contributed by atoms with Gasteiger partial charge >= 0.3 is 0 Å². The maximum atomic E-state index is 11.8. The molecule has 19 heavy (non-hydrogen) atoms. The molecular formula is C17H23NO. The zero-order valence-electron chi connectivity index (χ0n) is 11.9. The molecule has 3 rings (SSSR count). The summed E-state index contributed by atoms with van der Waals surface area (Å²) in [5.74, 6) is 1.03. The van der Waals surface area contributed by atoms with Crippen LogP contribution >= 0.6 is 0 Å². The van der Waals surface area contributed by atoms with Crippen molar-refractivity contribution in [3.05, 3.63) is 29.8 Å². The van der Waals surface area contributed by atoms with E-state index in [4.69, 9.17) is 0 Å². The molecule has 2 heteroatoms. The molecule has 2 unspecified atom stereocenters. The highest BCUT2D eigenvalue weighted by molar-refractivity contribution is 5.82. The van der Waals surface area contributed by atoms with Gasteiger partial charge in [-0.3, -0.25) is 4.79 Å². The maximum Gasteiger partial charge on any atom is 0.137 e. The molecule has 0 aromatic heterocycles. The minimum Gasteiger partial charge on any atom is -0.365 e. The number of hydrogen-bond donors (Lipinski definition) is 0. The molecule has 1 aromatic carbocycles. The molecule has 2 nitrogen and oxygen atoms in total. The van der Waals surface area contributed by atoms with Crippen molar-refractivity contribution >= 4 is 11.5 Å². The molecule has 0 saturated carbocycles. The summed E-state index contributed by atoms with van der Waals surface area (Å²) in [6, 6.07) is 9.80. The lowest BCUT2D eigenvalue weighted by Gasteiger charge is -2.47. The molecule has 2 aliphatic heterocycles. The molecule has 0 radical (unpaired) electrons. The number of anilines is 1. The third-order valence-corrected chi connectivity index (χ3v) is 4.62. The first-order valence-electron chi connectivity index (χ1n) is 7.55. The third kappa shape index (κ3) is 2.41. The molecule has 2 aliphatic rings. The molecule has 2 bridgehead atoms. The van der Waals surface area contributed by atoms with Crippen LogP contribution in [0.1, 0.15) is 57.4 Å². The molecule has 0 spiro atoms. The second-order valence-corrected chi connectivity index (χ2v) is 6.34. The smallest absolute Gasteiger partial charge is 0.137 e. The fourth-order valence-electron chi connectivity index (χ4n) is 3.64. The molecule has 0 amide bonds. The van der Waals surface area contributed by atoms with Crippen molar-refractivity contribution in [2.24, 2.45) is 0 Å². The Hall–Kier alpha value is -1.31. The van der Waals surface area contributed by atoms with Crippen molar-refractivity contribution in [3.63, 3.8) is 0 Å². The highest BCUT2D eigenvalue weighted by atomic mass is 16.1. The van der Waals surface area contributed by atoms with Crippen molar-refractivity contribution in [2.45, 2.75) is 64.0 Å². The van der Waals surface area contributed by atoms with Gasteiger partial charge in [0.15, 0.2) is 0 Å². The molecule has 0 N–H and O–H groups in total. The number of carbonyl (C=O) groups is 1. The van der Waals surface area contributed by atoms with Crippen LogP contribution in [-0.4, -0.2) is 17.9 Å². The van der Waals surface area contributed by atoms with Crippen LogP contribution in [-0.2, 0) is 4.79 Å². The van der Waals surface area contributed by atoms with Gasteiger partial charge in [-0.1, -0.05) is 26.0 Å². The van der Waals surface area contributed by atoms with E-state index in [0.29, 0.717) is 23.8 Å². The van der Waals surface area contributed by atoms with Crippen molar-refractivity contribution in [1.29, 1.82) is 0 Å². The van der Waals surface area contributed by atoms with Crippen molar-refractivity contribution in [2.75, 3.05) is 4.90 Å². The van der Waals surface area contributed by atoms with Gasteiger partial charge in [-0.15, -0.1) is 0 Å². The fraction of sp³-hybridized carbons (Fsp3) is 0.588. The van der Waals surface area contributed by atoms with Crippen molar-refractivity contribution in [1.82, 2.24) is 0 Å². The molecule has 2 saturated heterocycles. The van der Waals surface area contributed by atoms with Crippen LogP contribution in [0, 0.1) is 0 Å². The molecule has 102 valence electrons. The largest absolute Gasteiger partial charge is 0.365 e. The molecule has 0 aliphatic carbocycles. The standard InChI is InChI=1S/C17H23NO/c1-12(2)13-5-3-6-14(9-13)18-15-7-4-8-16(18)11-17(19)10-15/h3,5-6,9,12,15-16H,4,7-8,10-11H2,1-2H3. The summed E-state index contributed by atoms with van der Waals surface area (Å²) in [5, 5.41) is 0. The molecule has 2 fully saturated rings. The van der Waals surface area contributed by atoms with Crippen LogP contribution in [0.15, 0.2) is 24.3 Å². The van der Waals surface area contributed by atoms with Gasteiger partial charge in [-0.05, 0) is 42.9 Å². The summed E-state index contributed by atoms with van der Waals surface area (Å²) >= 11 is 0. The Balaban J connectivity index is 1.92. The van der Waals surface area contributed by atoms with Gasteiger partial charge in [-0.25, -0.2) is 0 Å². The monoisotopic (exact) mass is 257 g/mol. The lowest BCUT2D eigenvalue weighted by molar-refractivity contribution is -0.121. The second kappa shape index (κ2) is 4.99. The fourth-order valence-corrected chi connectivity index (χ4v) is 3.64. The van der Waals surface area contributed by atoms with Crippen LogP contribution < -0.4 is 4.90 Å². The number of nitrogens with zero attached hydrogens (tertiary/aromatic N) is 1. The Labute approximate surface area is 115 Å². The number of fused-ring (bicyclic) bond motifs is 2. The van der Waals surface area contributed by atoms with E-state index in [0.717, 1.165) is 12.8 Å². The average molecular weight is 257 g/mol. The minimum atomic E-state index is 0.447. The first-order valence-corrected chi connectivity index (χ1v) is 7.55. The zero-order valence-corrected chi connectivity index (χ0v) is 11.9. The van der Waals surface area contributed by atoms with E-state index in [9.17, 15) is 4.79 Å². The highest BCUT2D eigenvalue weighted by Crippen LogP contribution is 2.37. The van der Waals surface area contributed by atoms with E-state index in [1.807, 2.05) is 0 Å². The number of benzene rings is 1. The predicted molar refractivity (Wildman–Crippen MR) is 78.7 cm³/mol. The number of piperidine rings is 2. The van der Waals surface area contributed by atoms with Crippen LogP contribution in [0.4, 0.5) is 5.69 Å². The summed E-state index contributed by atoms with van der Waals surface area (Å²) in [6.45, 7) is 4.47. The SMILES string of the molecule is CC(C)c1cccc(N2C3CCCC2CC(=O)C3)c1. The topological polar surface area (TPSA) is 20.3 Å². The summed E-state index contributed by atoms with van der Waals surface area (Å²) in [5.41, 5.74) is 2.72. The van der Waals surface area contributed by atoms with Crippen LogP contribution in [0.5, 0.6) is 0 Å². The zero-order chi connectivity index (χ0) is 13.4. The Morgan fingerprint density at radius 1 is 1.16 bits per heavy atom. The number of ketones is 1. The third-order valence-electron chi connectivity index (χ3n) is 4.62. The van der Waals surface area contributed by atoms with E-state index in [1.165, 1.54) is 30.5 Å². The summed E-state index contributed by atoms with van der Waals surface area (Å²) in [4.78, 5) is 14.3. The van der Waals surface area contributed by atoms with Gasteiger partial charge in [-0.2, -0.15) is 0 Å². The van der Waals surface area contributed by atoms with E-state index >= 15 is 0 Å². The Morgan fingerprint density at radius 3 is 2.47 bits per heavy atom. The van der Waals surface area contributed by atoms with E-state index in [1.54, 1.807) is 0 Å². The average Bonchev–Trinajstić information content (AvgIpc) is 2.37. The number of Topliss-reactive ketones (excluding diaryl/α,β-unsaturated/α-hetero) is 1. The van der Waals surface area contributed by atoms with Crippen LogP contribution in [0.2, 0.25) is 0 Å². The Bertz CT molecular complexity index is 464. The van der Waals surface area contributed by atoms with Crippen molar-refractivity contribution < 1.29 is 4.79 Å². The Morgan fingerprint density at radius 2 is 1.84 bits per heavy atom. The van der Waals surface area contributed by atoms with E-state index in [-0.39, 0.29) is 0 Å². The van der Waals surface area contributed by atoms with Gasteiger partial charge in [0.05, 0.1) is 0 Å². The van der Waals surface area contributed by atoms with E-state index < -0.39 is 0 Å². The molecular weight excluding hydrogens is 234 g/mol. The summed E-state index contributed by atoms with van der Waals surface area (Å²) in [7, 11) is 0. The van der Waals surface area contributed by atoms with Crippen LogP contribution in [0.3, 0.4) is 0 Å². The number of carbonyl (C=O) groups excluding carboxylic acids is 1. The van der Waals surface area contributed by atoms with Gasteiger partial charge in [0.25, 0.3) is 0 Å². The summed E-state index contributed by atoms with van der Waals surface area (Å²) < 4.78 is 0. The van der Waals surface area contributed by atoms with Crippen molar-refractivity contribution in [3.8, 4) is 0 Å². The Kier molecular flexibility index (Phi) is 3.34. The lowest BCUT2D eigenvalue weighted by Crippen LogP contribution is -2.52. The van der Waals surface area contributed by atoms with Gasteiger partial charge in [0.1, 0.15) is 5.78 Å². The second-order valence-electron chi connectivity index (χ2n) is 6.34. The quantitative estimate of drug-likeness (QED) is 0.801. The van der Waals surface area contributed by atoms with Crippen LogP contribution in [0.25, 0.3) is 0 Å². The minimum absolute atomic E-state index is 0.447. The first kappa shape index (κ1) is 12.7. The van der Waals surface area contributed by atoms with Gasteiger partial charge in [0, 0.05) is 30.6 Å².